The number of pyridine rings is 1. The highest BCUT2D eigenvalue weighted by atomic mass is 35.5. The molecule has 0 atom stereocenters. The van der Waals surface area contributed by atoms with Gasteiger partial charge < -0.3 is 16.0 Å². The average Bonchev–Trinajstić information content (AvgIpc) is 3.17. The molecule has 0 bridgehead atoms. The summed E-state index contributed by atoms with van der Waals surface area (Å²) in [7, 11) is 0. The van der Waals surface area contributed by atoms with Crippen LogP contribution in [-0.2, 0) is 6.54 Å². The molecule has 3 aromatic rings. The van der Waals surface area contributed by atoms with E-state index in [1.54, 1.807) is 6.20 Å². The molecule has 0 radical (unpaired) electrons. The summed E-state index contributed by atoms with van der Waals surface area (Å²) in [5.74, 6) is 0.496. The first-order valence-corrected chi connectivity index (χ1v) is 10.3. The van der Waals surface area contributed by atoms with Crippen molar-refractivity contribution in [3.05, 3.63) is 70.8 Å². The smallest absolute Gasteiger partial charge is 0.351 e. The van der Waals surface area contributed by atoms with Crippen LogP contribution in [0.2, 0.25) is 0 Å². The molecule has 0 saturated carbocycles. The molecule has 2 aromatic heterocycles. The van der Waals surface area contributed by atoms with Gasteiger partial charge in [-0.15, -0.1) is 12.4 Å². The second-order valence-electron chi connectivity index (χ2n) is 7.56. The van der Waals surface area contributed by atoms with Gasteiger partial charge in [-0.25, -0.2) is 23.4 Å². The summed E-state index contributed by atoms with van der Waals surface area (Å²) >= 11 is 0. The van der Waals surface area contributed by atoms with Gasteiger partial charge >= 0.3 is 5.69 Å². The molecule has 170 valence electrons. The summed E-state index contributed by atoms with van der Waals surface area (Å²) in [6, 6.07) is 10.4. The van der Waals surface area contributed by atoms with Gasteiger partial charge in [0, 0.05) is 50.2 Å². The van der Waals surface area contributed by atoms with Gasteiger partial charge in [-0.3, -0.25) is 0 Å². The van der Waals surface area contributed by atoms with Gasteiger partial charge in [-0.1, -0.05) is 12.1 Å². The van der Waals surface area contributed by atoms with Gasteiger partial charge in [0.05, 0.1) is 12.9 Å². The monoisotopic (exact) mass is 459 g/mol. The Morgan fingerprint density at radius 3 is 2.56 bits per heavy atom. The second kappa shape index (κ2) is 10.5. The molecule has 10 heteroatoms. The minimum Gasteiger partial charge on any atom is -0.369 e. The first-order valence-electron chi connectivity index (χ1n) is 10.3. The zero-order valence-corrected chi connectivity index (χ0v) is 18.7. The normalized spacial score (nSPS) is 14.3. The number of nitrogens with two attached hydrogens (primary N) is 1. The predicted octanol–water partition coefficient (Wildman–Crippen LogP) is 2.05. The Hall–Kier alpha value is -3.01. The third-order valence-electron chi connectivity index (χ3n) is 5.46. The number of halogens is 2. The Labute approximate surface area is 192 Å². The molecule has 1 fully saturated rings. The van der Waals surface area contributed by atoms with Crippen LogP contribution in [0.3, 0.4) is 0 Å². The molecule has 4 rings (SSSR count). The summed E-state index contributed by atoms with van der Waals surface area (Å²) in [6.07, 6.45) is 3.56. The summed E-state index contributed by atoms with van der Waals surface area (Å²) in [6.45, 7) is 5.94. The minimum absolute atomic E-state index is 0. The first kappa shape index (κ1) is 23.6. The van der Waals surface area contributed by atoms with E-state index in [1.165, 1.54) is 21.3 Å². The fraction of sp³-hybridized carbons (Fsp3) is 0.318. The van der Waals surface area contributed by atoms with E-state index in [4.69, 9.17) is 5.73 Å². The van der Waals surface area contributed by atoms with Crippen LogP contribution >= 0.6 is 12.4 Å². The van der Waals surface area contributed by atoms with Crippen molar-refractivity contribution in [2.75, 3.05) is 37.6 Å². The molecular weight excluding hydrogens is 433 g/mol. The maximum atomic E-state index is 12.8. The van der Waals surface area contributed by atoms with Crippen molar-refractivity contribution in [2.24, 2.45) is 5.73 Å². The van der Waals surface area contributed by atoms with Crippen molar-refractivity contribution in [2.45, 2.75) is 13.5 Å². The number of anilines is 1. The van der Waals surface area contributed by atoms with Crippen molar-refractivity contribution in [3.8, 4) is 16.9 Å². The topological polar surface area (TPSA) is 94.0 Å². The number of benzene rings is 1. The lowest BCUT2D eigenvalue weighted by molar-refractivity contribution is 0.589. The summed E-state index contributed by atoms with van der Waals surface area (Å²) < 4.78 is 15.3. The highest BCUT2D eigenvalue weighted by Crippen LogP contribution is 2.25. The van der Waals surface area contributed by atoms with Crippen molar-refractivity contribution in [1.29, 1.82) is 0 Å². The number of hydrogen-bond acceptors (Lipinski definition) is 6. The number of nitrogens with zero attached hydrogens (tertiary/aromatic N) is 5. The van der Waals surface area contributed by atoms with Crippen LogP contribution in [0.25, 0.3) is 16.9 Å². The fourth-order valence-electron chi connectivity index (χ4n) is 3.69. The van der Waals surface area contributed by atoms with Crippen LogP contribution in [0.1, 0.15) is 5.56 Å². The van der Waals surface area contributed by atoms with Crippen LogP contribution in [0.15, 0.2) is 59.6 Å². The van der Waals surface area contributed by atoms with Crippen molar-refractivity contribution >= 4 is 18.1 Å². The minimum atomic E-state index is -0.392. The van der Waals surface area contributed by atoms with E-state index < -0.39 is 5.69 Å². The van der Waals surface area contributed by atoms with E-state index in [0.29, 0.717) is 12.1 Å². The molecule has 1 aromatic carbocycles. The summed E-state index contributed by atoms with van der Waals surface area (Å²) in [5, 5.41) is 7.42. The Kier molecular flexibility index (Phi) is 7.79. The zero-order chi connectivity index (χ0) is 21.8. The largest absolute Gasteiger partial charge is 0.369 e. The van der Waals surface area contributed by atoms with Gasteiger partial charge in [0.15, 0.2) is 0 Å². The Morgan fingerprint density at radius 2 is 1.94 bits per heavy atom. The third-order valence-corrected chi connectivity index (χ3v) is 5.46. The van der Waals surface area contributed by atoms with Crippen LogP contribution in [0.5, 0.6) is 0 Å². The Morgan fingerprint density at radius 1 is 1.22 bits per heavy atom. The highest BCUT2D eigenvalue weighted by molar-refractivity contribution is 5.85. The van der Waals surface area contributed by atoms with Crippen molar-refractivity contribution in [3.63, 3.8) is 0 Å². The van der Waals surface area contributed by atoms with Gasteiger partial charge in [0.25, 0.3) is 0 Å². The molecule has 0 unspecified atom stereocenters. The zero-order valence-electron chi connectivity index (χ0n) is 17.9. The molecule has 1 aliphatic heterocycles. The Balaban J connectivity index is 0.00000289. The van der Waals surface area contributed by atoms with Gasteiger partial charge in [-0.2, -0.15) is 5.10 Å². The van der Waals surface area contributed by atoms with Crippen LogP contribution in [-0.4, -0.2) is 52.1 Å². The molecule has 1 saturated heterocycles. The predicted molar refractivity (Wildman–Crippen MR) is 126 cm³/mol. The molecule has 0 aliphatic carbocycles. The Bertz CT molecular complexity index is 1130. The molecule has 1 aliphatic rings. The molecule has 3 heterocycles. The third kappa shape index (κ3) is 4.90. The SMILES string of the molecule is Cc1cc(-c2ccc(N3CCNCC3)cc2)cnc1-n1cnn(C/C(=C/F)CN)c1=O.Cl. The lowest BCUT2D eigenvalue weighted by Crippen LogP contribution is -2.43. The van der Waals surface area contributed by atoms with Crippen molar-refractivity contribution in [1.82, 2.24) is 24.6 Å². The lowest BCUT2D eigenvalue weighted by atomic mass is 10.1. The second-order valence-corrected chi connectivity index (χ2v) is 7.56. The number of rotatable bonds is 6. The van der Waals surface area contributed by atoms with Gasteiger partial charge in [0.2, 0.25) is 0 Å². The number of nitrogens with one attached hydrogen (secondary N) is 1. The van der Waals surface area contributed by atoms with E-state index in [0.717, 1.165) is 42.9 Å². The quantitative estimate of drug-likeness (QED) is 0.586. The standard InChI is InChI=1S/C22H26FN7O.ClH/c1-16-10-19(18-2-4-20(5-3-18)28-8-6-25-7-9-28)13-26-21(16)29-15-27-30(22(29)31)14-17(11-23)12-24;/h2-5,10-11,13,15,25H,6-9,12,14,24H2,1H3;1H/b17-11+;. The fourth-order valence-corrected chi connectivity index (χ4v) is 3.69. The maximum Gasteiger partial charge on any atom is 0.351 e. The van der Waals surface area contributed by atoms with E-state index in [9.17, 15) is 9.18 Å². The molecule has 0 spiro atoms. The highest BCUT2D eigenvalue weighted by Gasteiger charge is 2.13. The molecular formula is C22H27ClFN7O. The van der Waals surface area contributed by atoms with Crippen LogP contribution < -0.4 is 21.6 Å². The number of piperazine rings is 1. The first-order chi connectivity index (χ1) is 15.1. The van der Waals surface area contributed by atoms with Crippen molar-refractivity contribution < 1.29 is 4.39 Å². The number of aromatic nitrogens is 4. The average molecular weight is 460 g/mol. The molecule has 32 heavy (non-hydrogen) atoms. The van der Waals surface area contributed by atoms with Gasteiger partial charge in [0.1, 0.15) is 12.1 Å². The van der Waals surface area contributed by atoms with E-state index in [1.807, 2.05) is 13.0 Å². The molecule has 3 N–H and O–H groups in total. The number of hydrogen-bond donors (Lipinski definition) is 2. The molecule has 0 amide bonds. The summed E-state index contributed by atoms with van der Waals surface area (Å²) in [4.78, 5) is 19.5. The van der Waals surface area contributed by atoms with E-state index in [-0.39, 0.29) is 31.1 Å². The van der Waals surface area contributed by atoms with E-state index >= 15 is 0 Å². The number of aryl methyl sites for hydroxylation is 1. The molecule has 8 nitrogen and oxygen atoms in total. The maximum absolute atomic E-state index is 12.8. The van der Waals surface area contributed by atoms with Gasteiger partial charge in [-0.05, 0) is 41.8 Å². The van der Waals surface area contributed by atoms with Crippen LogP contribution in [0, 0.1) is 6.92 Å². The lowest BCUT2D eigenvalue weighted by Gasteiger charge is -2.29. The summed E-state index contributed by atoms with van der Waals surface area (Å²) in [5.41, 5.74) is 9.45. The van der Waals surface area contributed by atoms with Crippen LogP contribution in [0.4, 0.5) is 10.1 Å². The van der Waals surface area contributed by atoms with E-state index in [2.05, 4.69) is 44.6 Å².